The predicted octanol–water partition coefficient (Wildman–Crippen LogP) is 3.12. The minimum absolute atomic E-state index is 0.404. The molecule has 2 nitrogen and oxygen atoms in total. The first-order valence-corrected chi connectivity index (χ1v) is 5.36. The molecule has 64 valence electrons. The second-order valence-corrected chi connectivity index (χ2v) is 3.72. The Bertz CT molecular complexity index is 123. The lowest BCUT2D eigenvalue weighted by atomic mass is 10.3. The third kappa shape index (κ3) is 7.70. The molecule has 0 spiro atoms. The minimum atomic E-state index is -1.42. The summed E-state index contributed by atoms with van der Waals surface area (Å²) < 4.78 is 15.9. The van der Waals surface area contributed by atoms with Crippen LogP contribution >= 0.6 is 8.03 Å². The SMILES string of the molecule is C=CCO[P+](=O)CCCCC. The van der Waals surface area contributed by atoms with E-state index in [1.165, 1.54) is 0 Å². The van der Waals surface area contributed by atoms with Crippen molar-refractivity contribution in [2.75, 3.05) is 12.8 Å². The van der Waals surface area contributed by atoms with E-state index in [0.717, 1.165) is 19.3 Å². The summed E-state index contributed by atoms with van der Waals surface area (Å²) in [5.41, 5.74) is 0. The van der Waals surface area contributed by atoms with Crippen LogP contribution in [0.25, 0.3) is 0 Å². The van der Waals surface area contributed by atoms with Gasteiger partial charge in [-0.3, -0.25) is 0 Å². The van der Waals surface area contributed by atoms with Crippen molar-refractivity contribution in [2.24, 2.45) is 0 Å². The maximum atomic E-state index is 11.0. The van der Waals surface area contributed by atoms with Crippen LogP contribution in [-0.2, 0) is 9.09 Å². The van der Waals surface area contributed by atoms with Gasteiger partial charge in [0.15, 0.2) is 6.16 Å². The van der Waals surface area contributed by atoms with E-state index in [2.05, 4.69) is 13.5 Å². The molecule has 0 fully saturated rings. The van der Waals surface area contributed by atoms with Gasteiger partial charge in [-0.1, -0.05) is 19.4 Å². The molecule has 1 unspecified atom stereocenters. The molecule has 0 radical (unpaired) electrons. The molecule has 0 aromatic rings. The summed E-state index contributed by atoms with van der Waals surface area (Å²) in [7, 11) is -1.42. The lowest BCUT2D eigenvalue weighted by Crippen LogP contribution is -1.84. The zero-order chi connectivity index (χ0) is 8.53. The first-order valence-electron chi connectivity index (χ1n) is 3.99. The molecule has 0 aromatic carbocycles. The zero-order valence-corrected chi connectivity index (χ0v) is 7.98. The third-order valence-corrected chi connectivity index (χ3v) is 2.40. The van der Waals surface area contributed by atoms with Gasteiger partial charge in [0.1, 0.15) is 6.61 Å². The fraction of sp³-hybridized carbons (Fsp3) is 0.750. The van der Waals surface area contributed by atoms with E-state index in [9.17, 15) is 4.57 Å². The van der Waals surface area contributed by atoms with Crippen molar-refractivity contribution in [3.8, 4) is 0 Å². The molecule has 0 aromatic heterocycles. The van der Waals surface area contributed by atoms with E-state index in [0.29, 0.717) is 12.8 Å². The van der Waals surface area contributed by atoms with E-state index in [-0.39, 0.29) is 0 Å². The van der Waals surface area contributed by atoms with Gasteiger partial charge in [-0.05, 0) is 17.4 Å². The lowest BCUT2D eigenvalue weighted by Gasteiger charge is -1.87. The van der Waals surface area contributed by atoms with Crippen LogP contribution < -0.4 is 0 Å². The van der Waals surface area contributed by atoms with Gasteiger partial charge in [0.25, 0.3) is 0 Å². The largest absolute Gasteiger partial charge is 0.508 e. The molecule has 0 rings (SSSR count). The van der Waals surface area contributed by atoms with Crippen molar-refractivity contribution in [2.45, 2.75) is 26.2 Å². The molecule has 0 saturated heterocycles. The molecule has 0 aliphatic rings. The van der Waals surface area contributed by atoms with Crippen LogP contribution in [-0.4, -0.2) is 12.8 Å². The fourth-order valence-electron chi connectivity index (χ4n) is 0.691. The van der Waals surface area contributed by atoms with Gasteiger partial charge in [-0.15, -0.1) is 11.1 Å². The Morgan fingerprint density at radius 1 is 1.55 bits per heavy atom. The summed E-state index contributed by atoms with van der Waals surface area (Å²) in [5.74, 6) is 0. The average molecular weight is 175 g/mol. The van der Waals surface area contributed by atoms with Crippen molar-refractivity contribution in [1.82, 2.24) is 0 Å². The van der Waals surface area contributed by atoms with Crippen LogP contribution in [0.3, 0.4) is 0 Å². The Kier molecular flexibility index (Phi) is 7.76. The molecule has 0 heterocycles. The molecule has 3 heteroatoms. The highest BCUT2D eigenvalue weighted by Gasteiger charge is 2.14. The van der Waals surface area contributed by atoms with Gasteiger partial charge in [0.2, 0.25) is 0 Å². The quantitative estimate of drug-likeness (QED) is 0.337. The van der Waals surface area contributed by atoms with Crippen molar-refractivity contribution in [3.63, 3.8) is 0 Å². The highest BCUT2D eigenvalue weighted by molar-refractivity contribution is 7.39. The molecular weight excluding hydrogens is 159 g/mol. The van der Waals surface area contributed by atoms with Crippen LogP contribution in [0.1, 0.15) is 26.2 Å². The van der Waals surface area contributed by atoms with Crippen LogP contribution in [0.5, 0.6) is 0 Å². The van der Waals surface area contributed by atoms with E-state index < -0.39 is 8.03 Å². The zero-order valence-electron chi connectivity index (χ0n) is 7.08. The molecule has 0 N–H and O–H groups in total. The minimum Gasteiger partial charge on any atom is -0.142 e. The summed E-state index contributed by atoms with van der Waals surface area (Å²) in [6.07, 6.45) is 5.61. The lowest BCUT2D eigenvalue weighted by molar-refractivity contribution is 0.370. The summed E-state index contributed by atoms with van der Waals surface area (Å²) in [6, 6.07) is 0. The first kappa shape index (κ1) is 10.8. The highest BCUT2D eigenvalue weighted by atomic mass is 31.1. The third-order valence-electron chi connectivity index (χ3n) is 1.28. The number of hydrogen-bond donors (Lipinski definition) is 0. The average Bonchev–Trinajstić information content (AvgIpc) is 2.01. The number of unbranched alkanes of at least 4 members (excludes halogenated alkanes) is 2. The number of rotatable bonds is 7. The maximum absolute atomic E-state index is 11.0. The van der Waals surface area contributed by atoms with Crippen LogP contribution in [0.2, 0.25) is 0 Å². The van der Waals surface area contributed by atoms with E-state index in [4.69, 9.17) is 4.52 Å². The summed E-state index contributed by atoms with van der Waals surface area (Å²) in [4.78, 5) is 0. The second-order valence-electron chi connectivity index (χ2n) is 2.35. The Hall–Kier alpha value is -0.200. The van der Waals surface area contributed by atoms with E-state index in [1.807, 2.05) is 0 Å². The Balaban J connectivity index is 3.15. The van der Waals surface area contributed by atoms with Crippen LogP contribution in [0.4, 0.5) is 0 Å². The van der Waals surface area contributed by atoms with Crippen molar-refractivity contribution >= 4 is 8.03 Å². The molecule has 11 heavy (non-hydrogen) atoms. The highest BCUT2D eigenvalue weighted by Crippen LogP contribution is 2.23. The molecule has 0 bridgehead atoms. The van der Waals surface area contributed by atoms with Gasteiger partial charge in [-0.2, -0.15) is 0 Å². The van der Waals surface area contributed by atoms with E-state index in [1.54, 1.807) is 6.08 Å². The van der Waals surface area contributed by atoms with Crippen LogP contribution in [0.15, 0.2) is 12.7 Å². The molecule has 1 atom stereocenters. The topological polar surface area (TPSA) is 26.3 Å². The number of hydrogen-bond acceptors (Lipinski definition) is 2. The smallest absolute Gasteiger partial charge is 0.142 e. The van der Waals surface area contributed by atoms with Crippen LogP contribution in [0, 0.1) is 0 Å². The van der Waals surface area contributed by atoms with Gasteiger partial charge >= 0.3 is 8.03 Å². The Labute approximate surface area is 69.5 Å². The Morgan fingerprint density at radius 2 is 2.27 bits per heavy atom. The molecular formula is C8H16O2P+. The van der Waals surface area contributed by atoms with Crippen molar-refractivity contribution in [3.05, 3.63) is 12.7 Å². The fourth-order valence-corrected chi connectivity index (χ4v) is 1.57. The molecule has 0 aliphatic heterocycles. The van der Waals surface area contributed by atoms with Gasteiger partial charge in [0.05, 0.1) is 0 Å². The van der Waals surface area contributed by atoms with Gasteiger partial charge in [0, 0.05) is 0 Å². The standard InChI is InChI=1S/C8H16O2P/c1-3-5-6-8-11(9)10-7-4-2/h4H,2-3,5-8H2,1H3/q+1. The monoisotopic (exact) mass is 175 g/mol. The normalized spacial score (nSPS) is 11.2. The first-order chi connectivity index (χ1) is 5.31. The van der Waals surface area contributed by atoms with Crippen molar-refractivity contribution < 1.29 is 9.09 Å². The summed E-state index contributed by atoms with van der Waals surface area (Å²) in [5, 5.41) is 0. The van der Waals surface area contributed by atoms with Crippen molar-refractivity contribution in [1.29, 1.82) is 0 Å². The summed E-state index contributed by atoms with van der Waals surface area (Å²) >= 11 is 0. The summed E-state index contributed by atoms with van der Waals surface area (Å²) in [6.45, 7) is 6.00. The molecule has 0 amide bonds. The maximum Gasteiger partial charge on any atom is 0.508 e. The van der Waals surface area contributed by atoms with E-state index >= 15 is 0 Å². The predicted molar refractivity (Wildman–Crippen MR) is 48.1 cm³/mol. The van der Waals surface area contributed by atoms with Gasteiger partial charge in [-0.25, -0.2) is 0 Å². The second kappa shape index (κ2) is 7.90. The molecule has 0 saturated carbocycles. The Morgan fingerprint density at radius 3 is 2.82 bits per heavy atom. The van der Waals surface area contributed by atoms with Gasteiger partial charge < -0.3 is 0 Å². The molecule has 0 aliphatic carbocycles.